The molecule has 0 heterocycles. The smallest absolute Gasteiger partial charge is 0.159 e. The Labute approximate surface area is 91.5 Å². The molecule has 0 spiro atoms. The minimum absolute atomic E-state index is 0.0131. The molecule has 1 aromatic carbocycles. The van der Waals surface area contributed by atoms with Gasteiger partial charge in [0.05, 0.1) is 0 Å². The van der Waals surface area contributed by atoms with Crippen LogP contribution in [-0.4, -0.2) is 5.78 Å². The second-order valence-electron chi connectivity index (χ2n) is 4.63. The highest BCUT2D eigenvalue weighted by Crippen LogP contribution is 2.11. The zero-order valence-corrected chi connectivity index (χ0v) is 9.72. The highest BCUT2D eigenvalue weighted by atomic mass is 16.1. The number of hydrogen-bond acceptors (Lipinski definition) is 1. The van der Waals surface area contributed by atoms with E-state index in [1.807, 2.05) is 24.3 Å². The summed E-state index contributed by atoms with van der Waals surface area (Å²) in [4.78, 5) is 11.0. The fraction of sp³-hybridized carbons (Fsp3) is 0.357. The van der Waals surface area contributed by atoms with Gasteiger partial charge in [-0.1, -0.05) is 24.0 Å². The van der Waals surface area contributed by atoms with Gasteiger partial charge in [0.15, 0.2) is 5.78 Å². The summed E-state index contributed by atoms with van der Waals surface area (Å²) in [5, 5.41) is 0. The van der Waals surface area contributed by atoms with Gasteiger partial charge in [-0.15, -0.1) is 0 Å². The maximum absolute atomic E-state index is 11.0. The van der Waals surface area contributed by atoms with Gasteiger partial charge >= 0.3 is 0 Å². The van der Waals surface area contributed by atoms with Gasteiger partial charge < -0.3 is 0 Å². The van der Waals surface area contributed by atoms with Gasteiger partial charge in [0.25, 0.3) is 0 Å². The Hall–Kier alpha value is -1.55. The molecule has 0 bridgehead atoms. The average molecular weight is 200 g/mol. The van der Waals surface area contributed by atoms with Crippen LogP contribution in [0.4, 0.5) is 0 Å². The van der Waals surface area contributed by atoms with E-state index in [0.29, 0.717) is 0 Å². The van der Waals surface area contributed by atoms with Crippen LogP contribution in [0.25, 0.3) is 0 Å². The monoisotopic (exact) mass is 200 g/mol. The van der Waals surface area contributed by atoms with Crippen molar-refractivity contribution in [3.63, 3.8) is 0 Å². The lowest BCUT2D eigenvalue weighted by atomic mass is 9.97. The normalized spacial score (nSPS) is 10.4. The molecule has 0 saturated heterocycles. The van der Waals surface area contributed by atoms with E-state index < -0.39 is 0 Å². The molecular formula is C14H16O. The third-order valence-corrected chi connectivity index (χ3v) is 1.87. The van der Waals surface area contributed by atoms with E-state index in [2.05, 4.69) is 32.6 Å². The van der Waals surface area contributed by atoms with Crippen molar-refractivity contribution in [2.24, 2.45) is 5.41 Å². The maximum Gasteiger partial charge on any atom is 0.159 e. The molecule has 0 aromatic heterocycles. The molecule has 0 aliphatic carbocycles. The molecule has 0 saturated carbocycles. The Morgan fingerprint density at radius 1 is 1.13 bits per heavy atom. The number of Topliss-reactive ketones (excluding diaryl/α,β-unsaturated/α-hetero) is 1. The van der Waals surface area contributed by atoms with Crippen LogP contribution in [0.15, 0.2) is 24.3 Å². The van der Waals surface area contributed by atoms with Crippen LogP contribution < -0.4 is 0 Å². The average Bonchev–Trinajstić information content (AvgIpc) is 2.14. The minimum Gasteiger partial charge on any atom is -0.295 e. The molecule has 1 rings (SSSR count). The molecule has 1 aromatic rings. The van der Waals surface area contributed by atoms with Crippen LogP contribution in [0.2, 0.25) is 0 Å². The first-order valence-corrected chi connectivity index (χ1v) is 5.03. The summed E-state index contributed by atoms with van der Waals surface area (Å²) in [6.45, 7) is 7.79. The lowest BCUT2D eigenvalue weighted by molar-refractivity contribution is 0.101. The van der Waals surface area contributed by atoms with Crippen molar-refractivity contribution < 1.29 is 4.79 Å². The van der Waals surface area contributed by atoms with Crippen LogP contribution in [0.1, 0.15) is 43.6 Å². The maximum atomic E-state index is 11.0. The van der Waals surface area contributed by atoms with Crippen LogP contribution in [0, 0.1) is 17.3 Å². The highest BCUT2D eigenvalue weighted by Gasteiger charge is 2.03. The van der Waals surface area contributed by atoms with Gasteiger partial charge in [0.2, 0.25) is 0 Å². The zero-order valence-electron chi connectivity index (χ0n) is 9.72. The van der Waals surface area contributed by atoms with E-state index in [-0.39, 0.29) is 11.2 Å². The highest BCUT2D eigenvalue weighted by molar-refractivity contribution is 5.94. The summed E-state index contributed by atoms with van der Waals surface area (Å²) in [6, 6.07) is 7.40. The summed E-state index contributed by atoms with van der Waals surface area (Å²) < 4.78 is 0. The van der Waals surface area contributed by atoms with Gasteiger partial charge in [-0.2, -0.15) is 0 Å². The van der Waals surface area contributed by atoms with Crippen molar-refractivity contribution >= 4 is 5.78 Å². The third kappa shape index (κ3) is 3.99. The van der Waals surface area contributed by atoms with Gasteiger partial charge in [-0.25, -0.2) is 0 Å². The summed E-state index contributed by atoms with van der Waals surface area (Å²) in [5.41, 5.74) is 1.70. The Morgan fingerprint density at radius 3 is 2.07 bits per heavy atom. The minimum atomic E-state index is 0.0131. The van der Waals surface area contributed by atoms with E-state index >= 15 is 0 Å². The summed E-state index contributed by atoms with van der Waals surface area (Å²) >= 11 is 0. The number of benzene rings is 1. The summed E-state index contributed by atoms with van der Waals surface area (Å²) in [5.74, 6) is 6.33. The number of hydrogen-bond donors (Lipinski definition) is 0. The summed E-state index contributed by atoms with van der Waals surface area (Å²) in [7, 11) is 0. The van der Waals surface area contributed by atoms with Crippen molar-refractivity contribution in [3.8, 4) is 11.8 Å². The fourth-order valence-electron chi connectivity index (χ4n) is 1.05. The predicted molar refractivity (Wildman–Crippen MR) is 62.8 cm³/mol. The summed E-state index contributed by atoms with van der Waals surface area (Å²) in [6.07, 6.45) is 0. The van der Waals surface area contributed by atoms with Crippen LogP contribution in [-0.2, 0) is 0 Å². The van der Waals surface area contributed by atoms with Crippen LogP contribution >= 0.6 is 0 Å². The van der Waals surface area contributed by atoms with Gasteiger partial charge in [-0.05, 0) is 39.8 Å². The molecule has 0 atom stereocenters. The Kier molecular flexibility index (Phi) is 3.31. The molecule has 15 heavy (non-hydrogen) atoms. The predicted octanol–water partition coefficient (Wildman–Crippen LogP) is 3.29. The lowest BCUT2D eigenvalue weighted by Crippen LogP contribution is -1.99. The van der Waals surface area contributed by atoms with Crippen molar-refractivity contribution in [2.75, 3.05) is 0 Å². The van der Waals surface area contributed by atoms with Crippen LogP contribution in [0.3, 0.4) is 0 Å². The van der Waals surface area contributed by atoms with E-state index in [0.717, 1.165) is 11.1 Å². The van der Waals surface area contributed by atoms with Crippen molar-refractivity contribution in [3.05, 3.63) is 35.4 Å². The standard InChI is InChI=1S/C14H16O/c1-11(15)13-7-5-12(6-8-13)9-10-14(2,3)4/h5-8H,1-4H3. The number of carbonyl (C=O) groups is 1. The molecule has 1 nitrogen and oxygen atoms in total. The number of rotatable bonds is 1. The van der Waals surface area contributed by atoms with E-state index in [4.69, 9.17) is 0 Å². The van der Waals surface area contributed by atoms with Crippen molar-refractivity contribution in [2.45, 2.75) is 27.7 Å². The Morgan fingerprint density at radius 2 is 1.67 bits per heavy atom. The molecule has 0 radical (unpaired) electrons. The topological polar surface area (TPSA) is 17.1 Å². The first-order chi connectivity index (χ1) is 6.88. The van der Waals surface area contributed by atoms with Gasteiger partial charge in [-0.3, -0.25) is 4.79 Å². The van der Waals surface area contributed by atoms with E-state index in [9.17, 15) is 4.79 Å². The fourth-order valence-corrected chi connectivity index (χ4v) is 1.05. The molecular weight excluding hydrogens is 184 g/mol. The SMILES string of the molecule is CC(=O)c1ccc(C#CC(C)(C)C)cc1. The molecule has 0 fully saturated rings. The number of ketones is 1. The molecule has 78 valence electrons. The van der Waals surface area contributed by atoms with E-state index in [1.165, 1.54) is 0 Å². The molecule has 0 aliphatic heterocycles. The molecule has 0 N–H and O–H groups in total. The molecule has 1 heteroatoms. The molecule has 0 aliphatic rings. The lowest BCUT2D eigenvalue weighted by Gasteiger charge is -2.06. The quantitative estimate of drug-likeness (QED) is 0.502. The zero-order chi connectivity index (χ0) is 11.5. The van der Waals surface area contributed by atoms with Gasteiger partial charge in [0, 0.05) is 16.5 Å². The largest absolute Gasteiger partial charge is 0.295 e. The Balaban J connectivity index is 2.89. The molecule has 0 unspecified atom stereocenters. The number of carbonyl (C=O) groups excluding carboxylic acids is 1. The van der Waals surface area contributed by atoms with Crippen LogP contribution in [0.5, 0.6) is 0 Å². The third-order valence-electron chi connectivity index (χ3n) is 1.87. The Bertz CT molecular complexity index is 407. The van der Waals surface area contributed by atoms with Crippen molar-refractivity contribution in [1.29, 1.82) is 0 Å². The second-order valence-corrected chi connectivity index (χ2v) is 4.63. The second kappa shape index (κ2) is 4.31. The van der Waals surface area contributed by atoms with Gasteiger partial charge in [0.1, 0.15) is 0 Å². The first-order valence-electron chi connectivity index (χ1n) is 5.03. The first kappa shape index (κ1) is 11.5. The van der Waals surface area contributed by atoms with Crippen molar-refractivity contribution in [1.82, 2.24) is 0 Å². The molecule has 0 amide bonds. The van der Waals surface area contributed by atoms with E-state index in [1.54, 1.807) is 6.92 Å².